The lowest BCUT2D eigenvalue weighted by Gasteiger charge is -2.61. The minimum Gasteiger partial charge on any atom is -0.368 e. The second kappa shape index (κ2) is 19.2. The van der Waals surface area contributed by atoms with Crippen LogP contribution in [-0.2, 0) is 43.5 Å². The molecule has 5 heteroatoms. The maximum absolute atomic E-state index is 7.22. The van der Waals surface area contributed by atoms with Crippen LogP contribution in [-0.4, -0.2) is 36.8 Å². The van der Waals surface area contributed by atoms with E-state index in [1.54, 1.807) is 0 Å². The third kappa shape index (κ3) is 9.61. The van der Waals surface area contributed by atoms with E-state index in [9.17, 15) is 0 Å². The van der Waals surface area contributed by atoms with Crippen LogP contribution in [0.5, 0.6) is 0 Å². The molecule has 14 atom stereocenters. The van der Waals surface area contributed by atoms with E-state index >= 15 is 0 Å². The number of ether oxygens (including phenoxy) is 5. The molecule has 1 saturated heterocycles. The van der Waals surface area contributed by atoms with Crippen LogP contribution in [0.2, 0.25) is 0 Å². The van der Waals surface area contributed by atoms with Crippen molar-refractivity contribution in [3.05, 3.63) is 108 Å². The van der Waals surface area contributed by atoms with Gasteiger partial charge in [0.2, 0.25) is 0 Å². The molecule has 3 aromatic rings. The van der Waals surface area contributed by atoms with E-state index in [0.717, 1.165) is 65.0 Å². The molecular weight excluding hydrogens is 729 g/mol. The first-order valence-electron chi connectivity index (χ1n) is 23.9. The van der Waals surface area contributed by atoms with Gasteiger partial charge in [-0.25, -0.2) is 0 Å². The molecule has 322 valence electrons. The number of benzene rings is 3. The van der Waals surface area contributed by atoms with Crippen molar-refractivity contribution >= 4 is 0 Å². The number of hydrogen-bond donors (Lipinski definition) is 0. The maximum Gasteiger partial charge on any atom is 0.187 e. The Bertz CT molecular complexity index is 1720. The van der Waals surface area contributed by atoms with E-state index in [1.165, 1.54) is 64.2 Å². The van der Waals surface area contributed by atoms with E-state index in [4.69, 9.17) is 23.7 Å². The molecule has 0 aromatic heterocycles. The predicted molar refractivity (Wildman–Crippen MR) is 237 cm³/mol. The minimum absolute atomic E-state index is 0.137. The van der Waals surface area contributed by atoms with Crippen LogP contribution in [0.3, 0.4) is 0 Å². The molecule has 4 saturated carbocycles. The van der Waals surface area contributed by atoms with Gasteiger partial charge in [-0.3, -0.25) is 0 Å². The van der Waals surface area contributed by atoms with Crippen LogP contribution in [0.25, 0.3) is 0 Å². The quantitative estimate of drug-likeness (QED) is 0.135. The normalized spacial score (nSPS) is 37.4. The molecule has 0 N–H and O–H groups in total. The third-order valence-electron chi connectivity index (χ3n) is 16.7. The molecule has 0 spiro atoms. The molecule has 1 unspecified atom stereocenters. The Hall–Kier alpha value is -2.54. The average molecular weight is 805 g/mol. The Balaban J connectivity index is 0.968. The van der Waals surface area contributed by atoms with Crippen molar-refractivity contribution in [3.8, 4) is 0 Å². The molecule has 8 rings (SSSR count). The van der Waals surface area contributed by atoms with Crippen LogP contribution in [0, 0.1) is 52.3 Å². The Kier molecular flexibility index (Phi) is 14.1. The molecule has 5 aliphatic rings. The monoisotopic (exact) mass is 805 g/mol. The van der Waals surface area contributed by atoms with Crippen LogP contribution in [0.15, 0.2) is 91.0 Å². The molecule has 59 heavy (non-hydrogen) atoms. The summed E-state index contributed by atoms with van der Waals surface area (Å²) < 4.78 is 34.7. The summed E-state index contributed by atoms with van der Waals surface area (Å²) in [5.74, 6) is 5.94. The lowest BCUT2D eigenvalue weighted by Crippen LogP contribution is -2.61. The van der Waals surface area contributed by atoms with Crippen molar-refractivity contribution in [2.75, 3.05) is 0 Å². The van der Waals surface area contributed by atoms with Crippen molar-refractivity contribution in [2.24, 2.45) is 52.3 Å². The van der Waals surface area contributed by atoms with Crippen molar-refractivity contribution in [1.82, 2.24) is 0 Å². The van der Waals surface area contributed by atoms with E-state index in [2.05, 4.69) is 126 Å². The van der Waals surface area contributed by atoms with Gasteiger partial charge < -0.3 is 23.7 Å². The summed E-state index contributed by atoms with van der Waals surface area (Å²) in [7, 11) is 0. The topological polar surface area (TPSA) is 46.2 Å². The van der Waals surface area contributed by atoms with E-state index in [1.807, 2.05) is 6.07 Å². The van der Waals surface area contributed by atoms with Crippen molar-refractivity contribution in [3.63, 3.8) is 0 Å². The molecule has 4 aliphatic carbocycles. The fourth-order valence-electron chi connectivity index (χ4n) is 13.5. The highest BCUT2D eigenvalue weighted by Crippen LogP contribution is 2.68. The zero-order valence-corrected chi connectivity index (χ0v) is 37.3. The molecule has 0 amide bonds. The van der Waals surface area contributed by atoms with Gasteiger partial charge in [-0.15, -0.1) is 0 Å². The highest BCUT2D eigenvalue weighted by atomic mass is 16.7. The fraction of sp³-hybridized carbons (Fsp3) is 0.667. The van der Waals surface area contributed by atoms with E-state index in [-0.39, 0.29) is 24.4 Å². The zero-order chi connectivity index (χ0) is 41.0. The smallest absolute Gasteiger partial charge is 0.187 e. The summed E-state index contributed by atoms with van der Waals surface area (Å²) >= 11 is 0. The Morgan fingerprint density at radius 1 is 0.610 bits per heavy atom. The van der Waals surface area contributed by atoms with E-state index in [0.29, 0.717) is 36.6 Å². The number of rotatable bonds is 16. The summed E-state index contributed by atoms with van der Waals surface area (Å²) in [5, 5.41) is 0. The van der Waals surface area contributed by atoms with Crippen LogP contribution in [0.4, 0.5) is 0 Å². The standard InChI is InChI=1S/C54H76O5/c1-37(2)17-16-18-38(3)46-27-28-47-45-26-25-43-33-44(29-31-53(43,5)48(45)30-32-54(46,47)6)59-52-51(57-36-42-23-14-9-15-24-42)50(56-35-41-21-12-8-13-22-41)49(39(4)58-52)55-34-40-19-10-7-11-20-40/h7-15,19-24,37-39,43-52H,16-18,25-36H2,1-6H3/t38-,39+,43?,44+,45+,46-,47+,48+,49-,50-,51+,52-,53+,54-/m1/s1. The van der Waals surface area contributed by atoms with Gasteiger partial charge in [0.15, 0.2) is 6.29 Å². The highest BCUT2D eigenvalue weighted by molar-refractivity contribution is 5.16. The first-order valence-corrected chi connectivity index (χ1v) is 23.9. The summed E-state index contributed by atoms with van der Waals surface area (Å²) in [5.41, 5.74) is 4.31. The minimum atomic E-state index is -0.551. The lowest BCUT2D eigenvalue weighted by atomic mass is 9.44. The Labute approximate surface area is 357 Å². The summed E-state index contributed by atoms with van der Waals surface area (Å²) in [6, 6.07) is 31.3. The molecule has 1 aliphatic heterocycles. The number of fused-ring (bicyclic) bond motifs is 5. The van der Waals surface area contributed by atoms with E-state index < -0.39 is 12.4 Å². The maximum atomic E-state index is 7.22. The second-order valence-electron chi connectivity index (χ2n) is 20.7. The largest absolute Gasteiger partial charge is 0.368 e. The molecule has 0 bridgehead atoms. The van der Waals surface area contributed by atoms with Crippen LogP contribution < -0.4 is 0 Å². The van der Waals surface area contributed by atoms with Gasteiger partial charge in [0, 0.05) is 0 Å². The van der Waals surface area contributed by atoms with Gasteiger partial charge >= 0.3 is 0 Å². The third-order valence-corrected chi connectivity index (χ3v) is 16.7. The van der Waals surface area contributed by atoms with Crippen molar-refractivity contribution < 1.29 is 23.7 Å². The first kappa shape index (κ1) is 43.1. The molecule has 3 aromatic carbocycles. The highest BCUT2D eigenvalue weighted by Gasteiger charge is 2.61. The zero-order valence-electron chi connectivity index (χ0n) is 37.3. The van der Waals surface area contributed by atoms with Gasteiger partial charge in [0.1, 0.15) is 18.3 Å². The molecular formula is C54H76O5. The van der Waals surface area contributed by atoms with Gasteiger partial charge in [0.25, 0.3) is 0 Å². The van der Waals surface area contributed by atoms with Gasteiger partial charge in [-0.1, -0.05) is 145 Å². The Morgan fingerprint density at radius 2 is 1.17 bits per heavy atom. The van der Waals surface area contributed by atoms with Crippen molar-refractivity contribution in [1.29, 1.82) is 0 Å². The van der Waals surface area contributed by atoms with Gasteiger partial charge in [-0.05, 0) is 134 Å². The van der Waals surface area contributed by atoms with Crippen molar-refractivity contribution in [2.45, 2.75) is 175 Å². The molecule has 1 heterocycles. The number of hydrogen-bond acceptors (Lipinski definition) is 5. The SMILES string of the molecule is CC(C)CCC[C@@H](C)[C@H]1CC[C@H]2[C@@H]3CCC4C[C@@H](O[C@H]5O[C@@H](C)[C@@H](OCc6ccccc6)[C@@H](OCc6ccccc6)[C@@H]5OCc5ccccc5)CC[C@]4(C)[C@H]3CC[C@]12C. The predicted octanol–water partition coefficient (Wildman–Crippen LogP) is 13.0. The molecule has 0 radical (unpaired) electrons. The average Bonchev–Trinajstić information content (AvgIpc) is 3.60. The molecule has 5 fully saturated rings. The van der Waals surface area contributed by atoms with Crippen LogP contribution >= 0.6 is 0 Å². The second-order valence-corrected chi connectivity index (χ2v) is 20.7. The van der Waals surface area contributed by atoms with Crippen LogP contribution in [0.1, 0.15) is 135 Å². The van der Waals surface area contributed by atoms with Gasteiger partial charge in [-0.2, -0.15) is 0 Å². The molecule has 5 nitrogen and oxygen atoms in total. The summed E-state index contributed by atoms with van der Waals surface area (Å²) in [4.78, 5) is 0. The summed E-state index contributed by atoms with van der Waals surface area (Å²) in [6.45, 7) is 16.3. The fourth-order valence-corrected chi connectivity index (χ4v) is 13.5. The lowest BCUT2D eigenvalue weighted by molar-refractivity contribution is -0.332. The Morgan fingerprint density at radius 3 is 1.78 bits per heavy atom. The summed E-state index contributed by atoms with van der Waals surface area (Å²) in [6.07, 6.45) is 14.3. The first-order chi connectivity index (χ1) is 28.6. The van der Waals surface area contributed by atoms with Gasteiger partial charge in [0.05, 0.1) is 32.0 Å².